The molecular formula is C30H40Cl2SiTi-4. The van der Waals surface area contributed by atoms with Gasteiger partial charge < -0.3 is 14.9 Å². The van der Waals surface area contributed by atoms with E-state index in [4.69, 9.17) is 0 Å². The molecule has 2 aliphatic carbocycles. The predicted octanol–water partition coefficient (Wildman–Crippen LogP) is 8.54. The molecule has 0 N–H and O–H groups in total. The number of hydrogen-bond donors (Lipinski definition) is 0. The van der Waals surface area contributed by atoms with Crippen molar-refractivity contribution in [3.8, 4) is 0 Å². The summed E-state index contributed by atoms with van der Waals surface area (Å²) >= 11 is 2.03. The molecule has 0 aromatic heterocycles. The number of allylic oxidation sites excluding steroid dienone is 8. The second-order valence-electron chi connectivity index (χ2n) is 8.01. The van der Waals surface area contributed by atoms with Crippen molar-refractivity contribution in [3.05, 3.63) is 122 Å². The average Bonchev–Trinajstić information content (AvgIpc) is 3.47. The molecule has 0 amide bonds. The van der Waals surface area contributed by atoms with E-state index in [1.54, 1.807) is 0 Å². The maximum absolute atomic E-state index is 3.43. The van der Waals surface area contributed by atoms with Gasteiger partial charge in [-0.15, -0.1) is 71.4 Å². The average molecular weight is 548 g/mol. The molecule has 186 valence electrons. The second-order valence-corrected chi connectivity index (χ2v) is 8.01. The van der Waals surface area contributed by atoms with Crippen LogP contribution in [0.5, 0.6) is 0 Å². The monoisotopic (exact) mass is 546 g/mol. The molecule has 0 heterocycles. The summed E-state index contributed by atoms with van der Waals surface area (Å²) in [5, 5.41) is 0. The number of benzene rings is 2. The molecule has 0 bridgehead atoms. The van der Waals surface area contributed by atoms with Crippen molar-refractivity contribution in [1.82, 2.24) is 0 Å². The molecule has 0 saturated heterocycles. The molecule has 0 saturated carbocycles. The first-order valence-electron chi connectivity index (χ1n) is 10.6. The van der Waals surface area contributed by atoms with Gasteiger partial charge in [-0.25, -0.2) is 0 Å². The summed E-state index contributed by atoms with van der Waals surface area (Å²) in [7, 11) is 1.86. The third kappa shape index (κ3) is 11.6. The van der Waals surface area contributed by atoms with Gasteiger partial charge in [0.25, 0.3) is 0 Å². The summed E-state index contributed by atoms with van der Waals surface area (Å²) in [5.41, 5.74) is 8.06. The van der Waals surface area contributed by atoms with Crippen molar-refractivity contribution in [3.63, 3.8) is 0 Å². The Morgan fingerprint density at radius 2 is 0.912 bits per heavy atom. The molecule has 34 heavy (non-hydrogen) atoms. The Hall–Kier alpha value is -1.09. The number of hydrogen-bond acceptors (Lipinski definition) is 0. The zero-order chi connectivity index (χ0) is 21.9. The first kappa shape index (κ1) is 37.5. The SMILES string of the molecule is CC(C)C1=CC(c2ccccc2)=[C-]C1.CC(C)C1=CC(c2ccccc2)=[C-]C1.Cl.Cl.[CH3-].[CH3-].[SiH2]=[Ti]. The van der Waals surface area contributed by atoms with Crippen LogP contribution in [-0.2, 0) is 19.2 Å². The molecule has 2 aromatic carbocycles. The minimum atomic E-state index is 0. The Morgan fingerprint density at radius 3 is 1.15 bits per heavy atom. The van der Waals surface area contributed by atoms with E-state index in [9.17, 15) is 0 Å². The van der Waals surface area contributed by atoms with Gasteiger partial charge in [0.15, 0.2) is 0 Å². The van der Waals surface area contributed by atoms with Crippen LogP contribution in [0.2, 0.25) is 0 Å². The zero-order valence-corrected chi connectivity index (χ0v) is 26.1. The van der Waals surface area contributed by atoms with E-state index in [2.05, 4.69) is 101 Å². The van der Waals surface area contributed by atoms with Crippen molar-refractivity contribution < 1.29 is 19.2 Å². The van der Waals surface area contributed by atoms with E-state index in [1.807, 2.05) is 38.9 Å². The molecule has 2 aliphatic rings. The topological polar surface area (TPSA) is 0 Å². The summed E-state index contributed by atoms with van der Waals surface area (Å²) in [6.07, 6.45) is 13.4. The van der Waals surface area contributed by atoms with Gasteiger partial charge in [0.05, 0.1) is 0 Å². The molecule has 0 nitrogen and oxygen atoms in total. The normalized spacial score (nSPS) is 13.0. The fourth-order valence-electron chi connectivity index (χ4n) is 3.32. The Kier molecular flexibility index (Phi) is 22.2. The van der Waals surface area contributed by atoms with E-state index in [-0.39, 0.29) is 39.7 Å². The van der Waals surface area contributed by atoms with Crippen LogP contribution in [0.3, 0.4) is 0 Å². The van der Waals surface area contributed by atoms with Crippen LogP contribution in [-0.4, -0.2) is 7.63 Å². The fraction of sp³-hybridized carbons (Fsp3) is 0.267. The third-order valence-corrected chi connectivity index (χ3v) is 5.28. The van der Waals surface area contributed by atoms with Crippen LogP contribution < -0.4 is 0 Å². The summed E-state index contributed by atoms with van der Waals surface area (Å²) in [6, 6.07) is 21.0. The Balaban J connectivity index is -0.000000475. The number of halogens is 2. The molecule has 4 heteroatoms. The molecular weight excluding hydrogens is 507 g/mol. The predicted molar refractivity (Wildman–Crippen MR) is 157 cm³/mol. The zero-order valence-electron chi connectivity index (χ0n) is 21.5. The molecule has 4 rings (SSSR count). The molecule has 0 aliphatic heterocycles. The van der Waals surface area contributed by atoms with Gasteiger partial charge in [0, 0.05) is 0 Å². The van der Waals surface area contributed by atoms with Crippen molar-refractivity contribution >= 4 is 43.6 Å². The van der Waals surface area contributed by atoms with Crippen molar-refractivity contribution in [2.45, 2.75) is 40.5 Å². The van der Waals surface area contributed by atoms with Crippen LogP contribution in [0, 0.1) is 38.8 Å². The fourth-order valence-corrected chi connectivity index (χ4v) is 3.32. The van der Waals surface area contributed by atoms with Crippen LogP contribution in [0.25, 0.3) is 11.1 Å². The van der Waals surface area contributed by atoms with E-state index >= 15 is 0 Å². The minimum absolute atomic E-state index is 0. The van der Waals surface area contributed by atoms with E-state index < -0.39 is 0 Å². The van der Waals surface area contributed by atoms with Crippen LogP contribution in [0.1, 0.15) is 51.7 Å². The van der Waals surface area contributed by atoms with Gasteiger partial charge >= 0.3 is 26.8 Å². The summed E-state index contributed by atoms with van der Waals surface area (Å²) in [6.45, 7) is 8.95. The Morgan fingerprint density at radius 1 is 0.618 bits per heavy atom. The van der Waals surface area contributed by atoms with Gasteiger partial charge in [-0.05, 0) is 11.8 Å². The summed E-state index contributed by atoms with van der Waals surface area (Å²) < 4.78 is 0. The van der Waals surface area contributed by atoms with Crippen LogP contribution in [0.15, 0.2) is 84.0 Å². The molecule has 0 atom stereocenters. The van der Waals surface area contributed by atoms with E-state index in [1.165, 1.54) is 33.4 Å². The van der Waals surface area contributed by atoms with Crippen molar-refractivity contribution in [1.29, 1.82) is 0 Å². The standard InChI is InChI=1S/2C14H15.2CH3.2ClH.H2Si.Ti/c2*1-11(2)13-8-9-14(10-13)12-6-4-3-5-7-12;;;;;;/h2*3-7,10-11H,8H2,1-2H3;2*1H3;2*1H;1H2;/q4*-1;;;;. The number of rotatable bonds is 4. The quantitative estimate of drug-likeness (QED) is 0.266. The summed E-state index contributed by atoms with van der Waals surface area (Å²) in [5.74, 6) is 1.28. The van der Waals surface area contributed by atoms with Crippen molar-refractivity contribution in [2.24, 2.45) is 11.8 Å². The van der Waals surface area contributed by atoms with Gasteiger partial charge in [0.1, 0.15) is 0 Å². The molecule has 0 unspecified atom stereocenters. The van der Waals surface area contributed by atoms with Crippen molar-refractivity contribution in [2.75, 3.05) is 0 Å². The van der Waals surface area contributed by atoms with Crippen LogP contribution >= 0.6 is 24.8 Å². The maximum atomic E-state index is 3.43. The Bertz CT molecular complexity index is 849. The summed E-state index contributed by atoms with van der Waals surface area (Å²) in [4.78, 5) is 0. The third-order valence-electron chi connectivity index (χ3n) is 5.28. The first-order valence-corrected chi connectivity index (χ1v) is 14.7. The Labute approximate surface area is 236 Å². The molecule has 0 radical (unpaired) electrons. The molecule has 2 aromatic rings. The second kappa shape index (κ2) is 20.1. The van der Waals surface area contributed by atoms with E-state index in [0.717, 1.165) is 12.8 Å². The molecule has 0 spiro atoms. The van der Waals surface area contributed by atoms with Crippen LogP contribution in [0.4, 0.5) is 0 Å². The van der Waals surface area contributed by atoms with Gasteiger partial charge in [0.2, 0.25) is 0 Å². The van der Waals surface area contributed by atoms with E-state index in [0.29, 0.717) is 11.8 Å². The molecule has 0 fully saturated rings. The van der Waals surface area contributed by atoms with Gasteiger partial charge in [-0.2, -0.15) is 35.5 Å². The van der Waals surface area contributed by atoms with Gasteiger partial charge in [-0.1, -0.05) is 76.9 Å². The first-order chi connectivity index (χ1) is 14.5. The van der Waals surface area contributed by atoms with Gasteiger partial charge in [-0.3, -0.25) is 0 Å².